The molecule has 0 spiro atoms. The summed E-state index contributed by atoms with van der Waals surface area (Å²) in [6, 6.07) is 5.30. The Morgan fingerprint density at radius 2 is 2.04 bits per heavy atom. The average Bonchev–Trinajstić information content (AvgIpc) is 3.11. The summed E-state index contributed by atoms with van der Waals surface area (Å²) in [6.07, 6.45) is 6.64. The van der Waals surface area contributed by atoms with Crippen LogP contribution in [0.3, 0.4) is 0 Å². The summed E-state index contributed by atoms with van der Waals surface area (Å²) in [5.41, 5.74) is 0.321. The van der Waals surface area contributed by atoms with Gasteiger partial charge in [0.05, 0.1) is 5.37 Å². The molecule has 0 aromatic heterocycles. The second-order valence-electron chi connectivity index (χ2n) is 7.15. The Bertz CT molecular complexity index is 648. The van der Waals surface area contributed by atoms with Crippen molar-refractivity contribution in [3.8, 4) is 0 Å². The molecule has 1 saturated heterocycles. The molecule has 2 atom stereocenters. The predicted octanol–water partition coefficient (Wildman–Crippen LogP) is 3.82. The van der Waals surface area contributed by atoms with Gasteiger partial charge in [0.15, 0.2) is 0 Å². The van der Waals surface area contributed by atoms with Crippen LogP contribution >= 0.6 is 11.8 Å². The lowest BCUT2D eigenvalue weighted by Crippen LogP contribution is -2.51. The maximum atomic E-state index is 13.6. The number of amides is 2. The first-order valence-corrected chi connectivity index (χ1v) is 10.6. The first-order valence-electron chi connectivity index (χ1n) is 9.59. The molecule has 1 aromatic carbocycles. The smallest absolute Gasteiger partial charge is 0.255 e. The summed E-state index contributed by atoms with van der Waals surface area (Å²) >= 11 is 1.70. The van der Waals surface area contributed by atoms with Crippen molar-refractivity contribution >= 4 is 23.6 Å². The lowest BCUT2D eigenvalue weighted by molar-refractivity contribution is -0.125. The van der Waals surface area contributed by atoms with Crippen molar-refractivity contribution in [3.05, 3.63) is 35.6 Å². The average molecular weight is 379 g/mol. The van der Waals surface area contributed by atoms with Gasteiger partial charge < -0.3 is 10.2 Å². The van der Waals surface area contributed by atoms with Crippen LogP contribution in [0.1, 0.15) is 55.8 Å². The van der Waals surface area contributed by atoms with Crippen LogP contribution in [0.2, 0.25) is 0 Å². The molecular weight excluding hydrogens is 351 g/mol. The molecule has 2 fully saturated rings. The van der Waals surface area contributed by atoms with E-state index >= 15 is 0 Å². The van der Waals surface area contributed by atoms with Gasteiger partial charge in [-0.25, -0.2) is 4.39 Å². The third-order valence-corrected chi connectivity index (χ3v) is 6.71. The number of rotatable bonds is 5. The normalized spacial score (nSPS) is 23.8. The molecule has 26 heavy (non-hydrogen) atoms. The zero-order chi connectivity index (χ0) is 18.5. The summed E-state index contributed by atoms with van der Waals surface area (Å²) < 4.78 is 13.6. The lowest BCUT2D eigenvalue weighted by Gasteiger charge is -2.35. The molecule has 1 saturated carbocycles. The van der Waals surface area contributed by atoms with Gasteiger partial charge in [-0.15, -0.1) is 11.8 Å². The second-order valence-corrected chi connectivity index (χ2v) is 8.30. The Morgan fingerprint density at radius 1 is 1.27 bits per heavy atom. The van der Waals surface area contributed by atoms with E-state index < -0.39 is 11.9 Å². The number of carbonyl (C=O) groups excluding carboxylic acids is 2. The zero-order valence-electron chi connectivity index (χ0n) is 15.2. The molecule has 0 bridgehead atoms. The lowest BCUT2D eigenvalue weighted by atomic mass is 9.88. The quantitative estimate of drug-likeness (QED) is 0.847. The summed E-state index contributed by atoms with van der Waals surface area (Å²) in [5, 5.41) is 2.93. The van der Waals surface area contributed by atoms with Gasteiger partial charge >= 0.3 is 0 Å². The molecule has 1 aliphatic heterocycles. The molecule has 6 heteroatoms. The van der Waals surface area contributed by atoms with E-state index in [1.165, 1.54) is 31.4 Å². The minimum absolute atomic E-state index is 0.00319. The molecule has 2 aliphatic rings. The van der Waals surface area contributed by atoms with E-state index in [2.05, 4.69) is 5.32 Å². The van der Waals surface area contributed by atoms with Gasteiger partial charge in [-0.05, 0) is 43.4 Å². The third-order valence-electron chi connectivity index (χ3n) is 5.25. The minimum atomic E-state index is -0.478. The van der Waals surface area contributed by atoms with Gasteiger partial charge in [0.2, 0.25) is 5.91 Å². The number of carbonyl (C=O) groups is 2. The molecule has 0 unspecified atom stereocenters. The molecule has 1 aliphatic carbocycles. The monoisotopic (exact) mass is 378 g/mol. The molecule has 142 valence electrons. The Morgan fingerprint density at radius 3 is 2.73 bits per heavy atom. The van der Waals surface area contributed by atoms with Crippen molar-refractivity contribution in [2.24, 2.45) is 5.92 Å². The first kappa shape index (κ1) is 19.2. The summed E-state index contributed by atoms with van der Waals surface area (Å²) in [5.74, 6) is 0.265. The maximum absolute atomic E-state index is 13.6. The van der Waals surface area contributed by atoms with Crippen molar-refractivity contribution in [2.75, 3.05) is 12.3 Å². The van der Waals surface area contributed by atoms with Crippen molar-refractivity contribution in [2.45, 2.75) is 56.9 Å². The van der Waals surface area contributed by atoms with Crippen molar-refractivity contribution in [3.63, 3.8) is 0 Å². The SMILES string of the molecule is CCCNC(=O)[C@@H]1CS[C@@H](C2CCCCC2)N1C(=O)c1cccc(F)c1. The number of nitrogens with zero attached hydrogens (tertiary/aromatic N) is 1. The van der Waals surface area contributed by atoms with E-state index in [-0.39, 0.29) is 17.2 Å². The number of thioether (sulfide) groups is 1. The standard InChI is InChI=1S/C20H27FN2O2S/c1-2-11-22-18(24)17-13-26-20(14-7-4-3-5-8-14)23(17)19(25)15-9-6-10-16(21)12-15/h6,9-10,12,14,17,20H,2-5,7-8,11,13H2,1H3,(H,22,24)/t17-,20-/m0/s1. The van der Waals surface area contributed by atoms with E-state index in [1.807, 2.05) is 6.92 Å². The van der Waals surface area contributed by atoms with Gasteiger partial charge in [-0.1, -0.05) is 32.3 Å². The number of halogens is 1. The van der Waals surface area contributed by atoms with E-state index in [0.717, 1.165) is 19.3 Å². The fourth-order valence-corrected chi connectivity index (χ4v) is 5.54. The van der Waals surface area contributed by atoms with Crippen LogP contribution in [-0.2, 0) is 4.79 Å². The van der Waals surface area contributed by atoms with Crippen LogP contribution in [0.5, 0.6) is 0 Å². The fourth-order valence-electron chi connectivity index (χ4n) is 3.91. The van der Waals surface area contributed by atoms with Gasteiger partial charge in [-0.2, -0.15) is 0 Å². The Balaban J connectivity index is 1.85. The van der Waals surface area contributed by atoms with Gasteiger partial charge in [0.1, 0.15) is 11.9 Å². The maximum Gasteiger partial charge on any atom is 0.255 e. The number of hydrogen-bond acceptors (Lipinski definition) is 3. The minimum Gasteiger partial charge on any atom is -0.354 e. The van der Waals surface area contributed by atoms with Gasteiger partial charge in [0.25, 0.3) is 5.91 Å². The Labute approximate surface area is 158 Å². The highest BCUT2D eigenvalue weighted by Crippen LogP contribution is 2.41. The predicted molar refractivity (Wildman–Crippen MR) is 102 cm³/mol. The van der Waals surface area contributed by atoms with E-state index in [9.17, 15) is 14.0 Å². The number of hydrogen-bond donors (Lipinski definition) is 1. The molecular formula is C20H27FN2O2S. The number of benzene rings is 1. The number of nitrogens with one attached hydrogen (secondary N) is 1. The van der Waals surface area contributed by atoms with E-state index in [0.29, 0.717) is 23.8 Å². The molecule has 0 radical (unpaired) electrons. The van der Waals surface area contributed by atoms with Crippen LogP contribution < -0.4 is 5.32 Å². The van der Waals surface area contributed by atoms with Crippen LogP contribution in [-0.4, -0.2) is 40.4 Å². The summed E-state index contributed by atoms with van der Waals surface area (Å²) in [6.45, 7) is 2.61. The highest BCUT2D eigenvalue weighted by Gasteiger charge is 2.45. The summed E-state index contributed by atoms with van der Waals surface area (Å²) in [4.78, 5) is 27.6. The third kappa shape index (κ3) is 4.22. The Kier molecular flexibility index (Phi) is 6.57. The van der Waals surface area contributed by atoms with Crippen LogP contribution in [0.4, 0.5) is 4.39 Å². The van der Waals surface area contributed by atoms with Gasteiger partial charge in [0, 0.05) is 17.9 Å². The van der Waals surface area contributed by atoms with Crippen molar-refractivity contribution in [1.29, 1.82) is 0 Å². The summed E-state index contributed by atoms with van der Waals surface area (Å²) in [7, 11) is 0. The molecule has 1 heterocycles. The molecule has 4 nitrogen and oxygen atoms in total. The van der Waals surface area contributed by atoms with Crippen LogP contribution in [0.15, 0.2) is 24.3 Å². The second kappa shape index (κ2) is 8.89. The van der Waals surface area contributed by atoms with Crippen molar-refractivity contribution in [1.82, 2.24) is 10.2 Å². The highest BCUT2D eigenvalue weighted by molar-refractivity contribution is 8.00. The fraction of sp³-hybridized carbons (Fsp3) is 0.600. The molecule has 2 amide bonds. The first-order chi connectivity index (χ1) is 12.6. The molecule has 1 N–H and O–H groups in total. The van der Waals surface area contributed by atoms with Crippen molar-refractivity contribution < 1.29 is 14.0 Å². The Hall–Kier alpha value is -1.56. The zero-order valence-corrected chi connectivity index (χ0v) is 16.1. The van der Waals surface area contributed by atoms with E-state index in [1.54, 1.807) is 28.8 Å². The van der Waals surface area contributed by atoms with Gasteiger partial charge in [-0.3, -0.25) is 9.59 Å². The molecule has 1 aromatic rings. The topological polar surface area (TPSA) is 49.4 Å². The highest BCUT2D eigenvalue weighted by atomic mass is 32.2. The molecule has 3 rings (SSSR count). The van der Waals surface area contributed by atoms with Crippen LogP contribution in [0.25, 0.3) is 0 Å². The van der Waals surface area contributed by atoms with Crippen LogP contribution in [0, 0.1) is 11.7 Å². The van der Waals surface area contributed by atoms with E-state index in [4.69, 9.17) is 0 Å². The largest absolute Gasteiger partial charge is 0.354 e.